The van der Waals surface area contributed by atoms with E-state index in [2.05, 4.69) is 0 Å². The number of ketones is 2. The van der Waals surface area contributed by atoms with Gasteiger partial charge in [-0.15, -0.1) is 0 Å². The topological polar surface area (TPSA) is 90.0 Å². The predicted octanol–water partition coefficient (Wildman–Crippen LogP) is 2.90. The molecule has 2 unspecified atom stereocenters. The van der Waals surface area contributed by atoms with Crippen molar-refractivity contribution in [1.29, 1.82) is 0 Å². The van der Waals surface area contributed by atoms with E-state index < -0.39 is 41.2 Å². The number of hydrogen-bond acceptors (Lipinski definition) is 6. The Morgan fingerprint density at radius 2 is 1.79 bits per heavy atom. The summed E-state index contributed by atoms with van der Waals surface area (Å²) in [5, 5.41) is 0. The summed E-state index contributed by atoms with van der Waals surface area (Å²) in [6.07, 6.45) is 0.341. The Hall–Kier alpha value is -2.70. The van der Waals surface area contributed by atoms with Gasteiger partial charge in [-0.25, -0.2) is 4.79 Å². The van der Waals surface area contributed by atoms with Crippen molar-refractivity contribution in [2.75, 3.05) is 6.54 Å². The molecular weight excluding hydrogens is 362 g/mol. The molecule has 2 atom stereocenters. The molecule has 152 valence electrons. The lowest BCUT2D eigenvalue weighted by atomic mass is 9.93. The summed E-state index contributed by atoms with van der Waals surface area (Å²) < 4.78 is 10.5. The van der Waals surface area contributed by atoms with Gasteiger partial charge < -0.3 is 9.47 Å². The van der Waals surface area contributed by atoms with Crippen LogP contribution in [0.5, 0.6) is 0 Å². The van der Waals surface area contributed by atoms with Crippen LogP contribution in [0.15, 0.2) is 30.3 Å². The van der Waals surface area contributed by atoms with Gasteiger partial charge in [-0.05, 0) is 46.1 Å². The van der Waals surface area contributed by atoms with Crippen molar-refractivity contribution < 1.29 is 28.7 Å². The Morgan fingerprint density at radius 3 is 2.36 bits per heavy atom. The zero-order chi connectivity index (χ0) is 20.9. The van der Waals surface area contributed by atoms with Crippen LogP contribution in [0.3, 0.4) is 0 Å². The molecule has 1 aromatic carbocycles. The first-order chi connectivity index (χ1) is 13.1. The van der Waals surface area contributed by atoms with Gasteiger partial charge in [0, 0.05) is 6.54 Å². The lowest BCUT2D eigenvalue weighted by Gasteiger charge is -2.27. The number of nitrogens with zero attached hydrogens (tertiary/aromatic N) is 1. The van der Waals surface area contributed by atoms with Crippen molar-refractivity contribution in [1.82, 2.24) is 4.90 Å². The number of esters is 1. The summed E-state index contributed by atoms with van der Waals surface area (Å²) in [4.78, 5) is 51.1. The van der Waals surface area contributed by atoms with Gasteiger partial charge in [0.25, 0.3) is 0 Å². The van der Waals surface area contributed by atoms with Crippen LogP contribution in [0.2, 0.25) is 0 Å². The minimum atomic E-state index is -1.54. The minimum absolute atomic E-state index is 0.0826. The van der Waals surface area contributed by atoms with Gasteiger partial charge in [0.1, 0.15) is 12.2 Å². The fraction of sp³-hybridized carbons (Fsp3) is 0.524. The van der Waals surface area contributed by atoms with E-state index in [1.807, 2.05) is 30.3 Å². The summed E-state index contributed by atoms with van der Waals surface area (Å²) in [7, 11) is 0. The van der Waals surface area contributed by atoms with Crippen LogP contribution < -0.4 is 0 Å². The summed E-state index contributed by atoms with van der Waals surface area (Å²) in [6.45, 7) is 6.59. The second-order valence-corrected chi connectivity index (χ2v) is 7.87. The quantitative estimate of drug-likeness (QED) is 0.549. The largest absolute Gasteiger partial charge is 0.459 e. The zero-order valence-corrected chi connectivity index (χ0v) is 16.8. The molecule has 0 N–H and O–H groups in total. The highest BCUT2D eigenvalue weighted by molar-refractivity contribution is 6.18. The van der Waals surface area contributed by atoms with Crippen LogP contribution in [0.25, 0.3) is 0 Å². The van der Waals surface area contributed by atoms with E-state index in [0.717, 1.165) is 5.56 Å². The number of amides is 1. The van der Waals surface area contributed by atoms with Crippen molar-refractivity contribution in [3.63, 3.8) is 0 Å². The Kier molecular flexibility index (Phi) is 6.94. The monoisotopic (exact) mass is 389 g/mol. The van der Waals surface area contributed by atoms with E-state index in [-0.39, 0.29) is 6.61 Å². The number of carbonyl (C=O) groups excluding carboxylic acids is 4. The molecule has 0 radical (unpaired) electrons. The normalized spacial score (nSPS) is 17.7. The first kappa shape index (κ1) is 21.6. The fourth-order valence-electron chi connectivity index (χ4n) is 3.12. The summed E-state index contributed by atoms with van der Waals surface area (Å²) >= 11 is 0. The molecule has 0 bridgehead atoms. The lowest BCUT2D eigenvalue weighted by Crippen LogP contribution is -2.47. The third-order valence-electron chi connectivity index (χ3n) is 4.35. The highest BCUT2D eigenvalue weighted by Crippen LogP contribution is 2.24. The molecule has 1 aliphatic rings. The molecule has 1 saturated heterocycles. The van der Waals surface area contributed by atoms with E-state index in [1.54, 1.807) is 20.8 Å². The number of likely N-dealkylation sites (tertiary alicyclic amines) is 1. The Morgan fingerprint density at radius 1 is 1.14 bits per heavy atom. The van der Waals surface area contributed by atoms with Gasteiger partial charge in [-0.2, -0.15) is 0 Å². The molecule has 2 rings (SSSR count). The number of carbonyl (C=O) groups is 4. The second kappa shape index (κ2) is 8.99. The standard InChI is InChI=1S/C21H27NO6/c1-14(23)17(19(25)28-21(2,3)4)18(24)16-11-8-12-22(16)20(26)27-13-15-9-6-5-7-10-15/h5-7,9-10,16-17H,8,11-13H2,1-4H3. The number of benzene rings is 1. The van der Waals surface area contributed by atoms with Crippen LogP contribution in [-0.2, 0) is 30.5 Å². The molecule has 0 aliphatic carbocycles. The van der Waals surface area contributed by atoms with Crippen LogP contribution in [-0.4, -0.2) is 46.7 Å². The van der Waals surface area contributed by atoms with Gasteiger partial charge in [0.15, 0.2) is 17.5 Å². The SMILES string of the molecule is CC(=O)C(C(=O)OC(C)(C)C)C(=O)C1CCCN1C(=O)OCc1ccccc1. The van der Waals surface area contributed by atoms with E-state index >= 15 is 0 Å². The molecular formula is C21H27NO6. The van der Waals surface area contributed by atoms with Crippen LogP contribution >= 0.6 is 0 Å². The Labute approximate surface area is 165 Å². The number of Topliss-reactive ketones (excluding diaryl/α,β-unsaturated/α-hetero) is 2. The molecule has 0 spiro atoms. The summed E-state index contributed by atoms with van der Waals surface area (Å²) in [5.74, 6) is -3.62. The minimum Gasteiger partial charge on any atom is -0.459 e. The average Bonchev–Trinajstić information content (AvgIpc) is 3.08. The molecule has 1 fully saturated rings. The van der Waals surface area contributed by atoms with Crippen LogP contribution in [0.1, 0.15) is 46.1 Å². The maximum Gasteiger partial charge on any atom is 0.410 e. The molecule has 1 aliphatic heterocycles. The molecule has 1 heterocycles. The van der Waals surface area contributed by atoms with Crippen molar-refractivity contribution in [2.24, 2.45) is 5.92 Å². The number of rotatable bonds is 6. The fourth-order valence-corrected chi connectivity index (χ4v) is 3.12. The van der Waals surface area contributed by atoms with Crippen molar-refractivity contribution in [3.05, 3.63) is 35.9 Å². The molecule has 7 heteroatoms. The van der Waals surface area contributed by atoms with E-state index in [0.29, 0.717) is 19.4 Å². The van der Waals surface area contributed by atoms with Gasteiger partial charge in [0.05, 0.1) is 6.04 Å². The summed E-state index contributed by atoms with van der Waals surface area (Å²) in [6, 6.07) is 8.32. The van der Waals surface area contributed by atoms with Gasteiger partial charge in [-0.1, -0.05) is 30.3 Å². The molecule has 1 amide bonds. The first-order valence-electron chi connectivity index (χ1n) is 9.34. The third-order valence-corrected chi connectivity index (χ3v) is 4.35. The number of ether oxygens (including phenoxy) is 2. The number of hydrogen-bond donors (Lipinski definition) is 0. The van der Waals surface area contributed by atoms with E-state index in [4.69, 9.17) is 9.47 Å². The van der Waals surface area contributed by atoms with Crippen molar-refractivity contribution in [2.45, 2.75) is 58.8 Å². The lowest BCUT2D eigenvalue weighted by molar-refractivity contribution is -0.164. The van der Waals surface area contributed by atoms with E-state index in [1.165, 1.54) is 11.8 Å². The molecule has 7 nitrogen and oxygen atoms in total. The maximum atomic E-state index is 12.9. The highest BCUT2D eigenvalue weighted by atomic mass is 16.6. The molecule has 1 aromatic rings. The van der Waals surface area contributed by atoms with Crippen molar-refractivity contribution in [3.8, 4) is 0 Å². The van der Waals surface area contributed by atoms with Crippen LogP contribution in [0.4, 0.5) is 4.79 Å². The van der Waals surface area contributed by atoms with Crippen LogP contribution in [0, 0.1) is 5.92 Å². The molecule has 0 aromatic heterocycles. The smallest absolute Gasteiger partial charge is 0.410 e. The predicted molar refractivity (Wildman–Crippen MR) is 101 cm³/mol. The Bertz CT molecular complexity index is 737. The molecule has 0 saturated carbocycles. The van der Waals surface area contributed by atoms with Gasteiger partial charge >= 0.3 is 12.1 Å². The zero-order valence-electron chi connectivity index (χ0n) is 16.8. The second-order valence-electron chi connectivity index (χ2n) is 7.87. The van der Waals surface area contributed by atoms with Crippen molar-refractivity contribution >= 4 is 23.6 Å². The first-order valence-corrected chi connectivity index (χ1v) is 9.34. The average molecular weight is 389 g/mol. The highest BCUT2D eigenvalue weighted by Gasteiger charge is 2.44. The molecule has 28 heavy (non-hydrogen) atoms. The Balaban J connectivity index is 2.08. The van der Waals surface area contributed by atoms with Gasteiger partial charge in [-0.3, -0.25) is 19.3 Å². The third kappa shape index (κ3) is 5.65. The van der Waals surface area contributed by atoms with E-state index in [9.17, 15) is 19.2 Å². The summed E-state index contributed by atoms with van der Waals surface area (Å²) in [5.41, 5.74) is 0.00276. The maximum absolute atomic E-state index is 12.9. The van der Waals surface area contributed by atoms with Gasteiger partial charge in [0.2, 0.25) is 0 Å².